The van der Waals surface area contributed by atoms with Gasteiger partial charge in [-0.1, -0.05) is 36.4 Å². The Bertz CT molecular complexity index is 644. The molecular weight excluding hydrogens is 284 g/mol. The van der Waals surface area contributed by atoms with E-state index < -0.39 is 0 Å². The molecule has 0 saturated carbocycles. The van der Waals surface area contributed by atoms with Crippen molar-refractivity contribution in [1.29, 1.82) is 0 Å². The molecule has 0 radical (unpaired) electrons. The molecule has 21 heavy (non-hydrogen) atoms. The average Bonchev–Trinajstić information content (AvgIpc) is 2.52. The summed E-state index contributed by atoms with van der Waals surface area (Å²) in [4.78, 5) is 11.8. The number of nitrogens with one attached hydrogen (secondary N) is 1. The van der Waals surface area contributed by atoms with Crippen molar-refractivity contribution in [3.8, 4) is 0 Å². The molecule has 0 spiro atoms. The van der Waals surface area contributed by atoms with Crippen LogP contribution in [0.15, 0.2) is 66.1 Å². The predicted octanol–water partition coefficient (Wildman–Crippen LogP) is 4.49. The van der Waals surface area contributed by atoms with Crippen LogP contribution in [0.3, 0.4) is 0 Å². The lowest BCUT2D eigenvalue weighted by Gasteiger charge is -2.11. The van der Waals surface area contributed by atoms with E-state index in [9.17, 15) is 10.1 Å². The minimum absolute atomic E-state index is 0.140. The highest BCUT2D eigenvalue weighted by Gasteiger charge is 2.12. The fraction of sp³-hybridized carbons (Fsp3) is 0.125. The van der Waals surface area contributed by atoms with Gasteiger partial charge in [0, 0.05) is 34.5 Å². The SMILES string of the molecule is C=CCSc1ccccc1NCc1ccccc1[N+](=O)[O-]. The Balaban J connectivity index is 2.13. The molecule has 5 heteroatoms. The summed E-state index contributed by atoms with van der Waals surface area (Å²) in [5, 5.41) is 14.3. The van der Waals surface area contributed by atoms with Crippen LogP contribution in [0, 0.1) is 10.1 Å². The zero-order valence-electron chi connectivity index (χ0n) is 11.5. The number of anilines is 1. The van der Waals surface area contributed by atoms with Crippen molar-refractivity contribution in [2.75, 3.05) is 11.1 Å². The molecule has 4 nitrogen and oxygen atoms in total. The van der Waals surface area contributed by atoms with Gasteiger partial charge in [-0.25, -0.2) is 0 Å². The lowest BCUT2D eigenvalue weighted by atomic mass is 10.2. The van der Waals surface area contributed by atoms with Gasteiger partial charge >= 0.3 is 0 Å². The van der Waals surface area contributed by atoms with Crippen molar-refractivity contribution < 1.29 is 4.92 Å². The van der Waals surface area contributed by atoms with E-state index in [-0.39, 0.29) is 10.6 Å². The van der Waals surface area contributed by atoms with Crippen LogP contribution in [0.4, 0.5) is 11.4 Å². The van der Waals surface area contributed by atoms with Crippen molar-refractivity contribution in [3.05, 3.63) is 76.9 Å². The van der Waals surface area contributed by atoms with E-state index in [4.69, 9.17) is 0 Å². The quantitative estimate of drug-likeness (QED) is 0.354. The van der Waals surface area contributed by atoms with E-state index in [1.54, 1.807) is 23.9 Å². The summed E-state index contributed by atoms with van der Waals surface area (Å²) in [6.07, 6.45) is 1.85. The second kappa shape index (κ2) is 7.50. The largest absolute Gasteiger partial charge is 0.380 e. The van der Waals surface area contributed by atoms with Crippen LogP contribution in [0.1, 0.15) is 5.56 Å². The van der Waals surface area contributed by atoms with Crippen molar-refractivity contribution in [2.24, 2.45) is 0 Å². The summed E-state index contributed by atoms with van der Waals surface area (Å²) < 4.78 is 0. The third kappa shape index (κ3) is 4.10. The highest BCUT2D eigenvalue weighted by Crippen LogP contribution is 2.28. The minimum Gasteiger partial charge on any atom is -0.380 e. The van der Waals surface area contributed by atoms with E-state index in [0.29, 0.717) is 12.1 Å². The van der Waals surface area contributed by atoms with E-state index in [2.05, 4.69) is 11.9 Å². The van der Waals surface area contributed by atoms with E-state index in [1.807, 2.05) is 36.4 Å². The molecule has 108 valence electrons. The maximum atomic E-state index is 11.0. The number of nitrogens with zero attached hydrogens (tertiary/aromatic N) is 1. The number of para-hydroxylation sites is 2. The Labute approximate surface area is 128 Å². The van der Waals surface area contributed by atoms with E-state index in [1.165, 1.54) is 6.07 Å². The summed E-state index contributed by atoms with van der Waals surface area (Å²) in [5.74, 6) is 0.824. The topological polar surface area (TPSA) is 55.2 Å². The number of hydrogen-bond acceptors (Lipinski definition) is 4. The molecule has 0 bridgehead atoms. The number of hydrogen-bond donors (Lipinski definition) is 1. The lowest BCUT2D eigenvalue weighted by Crippen LogP contribution is -2.03. The molecule has 0 atom stereocenters. The number of nitro groups is 1. The normalized spacial score (nSPS) is 10.1. The maximum Gasteiger partial charge on any atom is 0.274 e. The van der Waals surface area contributed by atoms with Gasteiger partial charge in [-0.05, 0) is 12.1 Å². The van der Waals surface area contributed by atoms with Gasteiger partial charge in [0.1, 0.15) is 0 Å². The first-order valence-corrected chi connectivity index (χ1v) is 7.50. The van der Waals surface area contributed by atoms with E-state index >= 15 is 0 Å². The molecule has 0 saturated heterocycles. The van der Waals surface area contributed by atoms with Crippen molar-refractivity contribution >= 4 is 23.1 Å². The van der Waals surface area contributed by atoms with E-state index in [0.717, 1.165) is 16.3 Å². The van der Waals surface area contributed by atoms with Gasteiger partial charge < -0.3 is 5.32 Å². The molecule has 0 aliphatic heterocycles. The molecule has 0 heterocycles. The molecule has 2 rings (SSSR count). The molecule has 2 aromatic carbocycles. The number of rotatable bonds is 7. The number of nitro benzene ring substituents is 1. The first-order chi connectivity index (χ1) is 10.2. The Kier molecular flexibility index (Phi) is 5.40. The van der Waals surface area contributed by atoms with Crippen molar-refractivity contribution in [3.63, 3.8) is 0 Å². The first kappa shape index (κ1) is 15.1. The van der Waals surface area contributed by atoms with Crippen molar-refractivity contribution in [1.82, 2.24) is 0 Å². The Morgan fingerprint density at radius 2 is 1.90 bits per heavy atom. The van der Waals surface area contributed by atoms with Gasteiger partial charge in [0.25, 0.3) is 5.69 Å². The molecule has 0 aliphatic rings. The van der Waals surface area contributed by atoms with Crippen molar-refractivity contribution in [2.45, 2.75) is 11.4 Å². The minimum atomic E-state index is -0.352. The highest BCUT2D eigenvalue weighted by molar-refractivity contribution is 7.99. The van der Waals surface area contributed by atoms with Crippen LogP contribution in [-0.4, -0.2) is 10.7 Å². The summed E-state index contributed by atoms with van der Waals surface area (Å²) in [6, 6.07) is 14.7. The average molecular weight is 300 g/mol. The molecular formula is C16H16N2O2S. The first-order valence-electron chi connectivity index (χ1n) is 6.51. The van der Waals surface area contributed by atoms with Gasteiger partial charge in [-0.2, -0.15) is 0 Å². The summed E-state index contributed by atoms with van der Waals surface area (Å²) in [5.41, 5.74) is 1.79. The number of benzene rings is 2. The van der Waals surface area contributed by atoms with Crippen LogP contribution >= 0.6 is 11.8 Å². The van der Waals surface area contributed by atoms with Crippen LogP contribution in [-0.2, 0) is 6.54 Å². The number of thioether (sulfide) groups is 1. The van der Waals surface area contributed by atoms with Gasteiger partial charge in [0.2, 0.25) is 0 Å². The van der Waals surface area contributed by atoms with Gasteiger partial charge in [-0.15, -0.1) is 18.3 Å². The summed E-state index contributed by atoms with van der Waals surface area (Å²) in [7, 11) is 0. The third-order valence-corrected chi connectivity index (χ3v) is 3.97. The van der Waals surface area contributed by atoms with Gasteiger partial charge in [0.05, 0.1) is 4.92 Å². The van der Waals surface area contributed by atoms with Gasteiger partial charge in [0.15, 0.2) is 0 Å². The fourth-order valence-corrected chi connectivity index (χ4v) is 2.68. The molecule has 0 amide bonds. The molecule has 2 aromatic rings. The zero-order valence-corrected chi connectivity index (χ0v) is 12.3. The van der Waals surface area contributed by atoms with Crippen LogP contribution < -0.4 is 5.32 Å². The molecule has 0 aliphatic carbocycles. The molecule has 0 unspecified atom stereocenters. The Morgan fingerprint density at radius 3 is 2.67 bits per heavy atom. The van der Waals surface area contributed by atoms with Crippen LogP contribution in [0.25, 0.3) is 0 Å². The fourth-order valence-electron chi connectivity index (χ4n) is 1.92. The molecule has 0 fully saturated rings. The molecule has 1 N–H and O–H groups in total. The highest BCUT2D eigenvalue weighted by atomic mass is 32.2. The maximum absolute atomic E-state index is 11.0. The van der Waals surface area contributed by atoms with Crippen LogP contribution in [0.2, 0.25) is 0 Å². The Morgan fingerprint density at radius 1 is 1.19 bits per heavy atom. The van der Waals surface area contributed by atoms with Crippen LogP contribution in [0.5, 0.6) is 0 Å². The molecule has 0 aromatic heterocycles. The standard InChI is InChI=1S/C16H16N2O2S/c1-2-11-21-16-10-6-4-8-14(16)17-12-13-7-3-5-9-15(13)18(19)20/h2-10,17H,1,11-12H2. The predicted molar refractivity (Wildman–Crippen MR) is 87.8 cm³/mol. The Hall–Kier alpha value is -2.27. The summed E-state index contributed by atoms with van der Waals surface area (Å²) >= 11 is 1.68. The summed E-state index contributed by atoms with van der Waals surface area (Å²) in [6.45, 7) is 4.13. The third-order valence-electron chi connectivity index (χ3n) is 2.90. The smallest absolute Gasteiger partial charge is 0.274 e. The monoisotopic (exact) mass is 300 g/mol. The lowest BCUT2D eigenvalue weighted by molar-refractivity contribution is -0.385. The second-order valence-corrected chi connectivity index (χ2v) is 5.40. The second-order valence-electron chi connectivity index (χ2n) is 4.34. The van der Waals surface area contributed by atoms with Gasteiger partial charge in [-0.3, -0.25) is 10.1 Å². The zero-order chi connectivity index (χ0) is 15.1.